The van der Waals surface area contributed by atoms with Gasteiger partial charge in [-0.1, -0.05) is 0 Å². The summed E-state index contributed by atoms with van der Waals surface area (Å²) in [5, 5.41) is 0. The first kappa shape index (κ1) is 9.53. The maximum absolute atomic E-state index is 4.76. The Hall–Kier alpha value is 0.244. The van der Waals surface area contributed by atoms with Crippen molar-refractivity contribution in [1.29, 1.82) is 0 Å². The molecule has 0 unspecified atom stereocenters. The Bertz CT molecular complexity index is 46.8. The second-order valence-corrected chi connectivity index (χ2v) is 0.583. The van der Waals surface area contributed by atoms with Crippen molar-refractivity contribution in [3.05, 3.63) is 7.05 Å². The van der Waals surface area contributed by atoms with Crippen LogP contribution in [0.2, 0.25) is 0 Å². The molecule has 0 spiro atoms. The molecule has 0 aromatic heterocycles. The molecular formula is C2H6N3Y-. The Labute approximate surface area is 62.1 Å². The van der Waals surface area contributed by atoms with Crippen LogP contribution in [0.4, 0.5) is 0 Å². The Balaban J connectivity index is 0. The Morgan fingerprint density at radius 1 is 1.50 bits per heavy atom. The van der Waals surface area contributed by atoms with Gasteiger partial charge in [-0.2, -0.15) is 7.05 Å². The molecule has 4 heteroatoms. The third kappa shape index (κ3) is 8.87. The average molecular weight is 161 g/mol. The maximum Gasteiger partial charge on any atom is 0.0319 e. The van der Waals surface area contributed by atoms with Gasteiger partial charge in [0.15, 0.2) is 0 Å². The van der Waals surface area contributed by atoms with E-state index in [1.165, 1.54) is 0 Å². The second-order valence-electron chi connectivity index (χ2n) is 0.583. The van der Waals surface area contributed by atoms with Gasteiger partial charge in [0, 0.05) is 38.7 Å². The van der Waals surface area contributed by atoms with Crippen LogP contribution in [0.15, 0.2) is 4.99 Å². The minimum Gasteiger partial charge on any atom is -0.447 e. The van der Waals surface area contributed by atoms with Gasteiger partial charge in [-0.15, -0.1) is 0 Å². The molecule has 6 heavy (non-hydrogen) atoms. The molecule has 33 valence electrons. The fourth-order valence-electron chi connectivity index (χ4n) is 0. The van der Waals surface area contributed by atoms with Gasteiger partial charge in [0.25, 0.3) is 0 Å². The van der Waals surface area contributed by atoms with E-state index in [0.29, 0.717) is 0 Å². The molecule has 0 saturated carbocycles. The van der Waals surface area contributed by atoms with Crippen LogP contribution >= 0.6 is 0 Å². The van der Waals surface area contributed by atoms with E-state index in [2.05, 4.69) is 12.0 Å². The number of guanidine groups is 1. The molecule has 0 aliphatic heterocycles. The normalized spacial score (nSPS) is 5.33. The van der Waals surface area contributed by atoms with E-state index in [1.807, 2.05) is 0 Å². The first-order valence-electron chi connectivity index (χ1n) is 1.12. The molecule has 0 aromatic rings. The zero-order chi connectivity index (χ0) is 4.28. The molecule has 0 fully saturated rings. The molecule has 0 rings (SSSR count). The predicted molar refractivity (Wildman–Crippen MR) is 21.2 cm³/mol. The molecule has 3 nitrogen and oxygen atoms in total. The standard InChI is InChI=1S/C2H6N3.Y/c1-5-2(3)4;/h1H2,(H4,3,4,5);/q-1;. The maximum atomic E-state index is 4.76. The predicted octanol–water partition coefficient (Wildman–Crippen LogP) is -0.951. The van der Waals surface area contributed by atoms with Crippen molar-refractivity contribution < 1.29 is 32.7 Å². The zero-order valence-corrected chi connectivity index (χ0v) is 6.22. The van der Waals surface area contributed by atoms with Crippen molar-refractivity contribution in [3.63, 3.8) is 0 Å². The van der Waals surface area contributed by atoms with Crippen molar-refractivity contribution in [1.82, 2.24) is 0 Å². The number of nitrogens with two attached hydrogens (primary N) is 2. The van der Waals surface area contributed by atoms with Gasteiger partial charge < -0.3 is 16.5 Å². The average Bonchev–Trinajstić information content (AvgIpc) is 1.38. The second kappa shape index (κ2) is 5.24. The Kier molecular flexibility index (Phi) is 8.33. The molecule has 0 aliphatic rings. The van der Waals surface area contributed by atoms with E-state index in [9.17, 15) is 0 Å². The fourth-order valence-corrected chi connectivity index (χ4v) is 0. The van der Waals surface area contributed by atoms with Gasteiger partial charge in [0.05, 0.1) is 0 Å². The van der Waals surface area contributed by atoms with Crippen LogP contribution in [0.25, 0.3) is 0 Å². The van der Waals surface area contributed by atoms with Crippen molar-refractivity contribution in [2.24, 2.45) is 16.5 Å². The van der Waals surface area contributed by atoms with E-state index in [0.717, 1.165) is 0 Å². The van der Waals surface area contributed by atoms with E-state index < -0.39 is 0 Å². The summed E-state index contributed by atoms with van der Waals surface area (Å²) in [6.45, 7) is 0. The van der Waals surface area contributed by atoms with Crippen molar-refractivity contribution in [2.75, 3.05) is 0 Å². The van der Waals surface area contributed by atoms with Gasteiger partial charge in [0.1, 0.15) is 0 Å². The summed E-state index contributed by atoms with van der Waals surface area (Å²) < 4.78 is 0. The molecule has 4 N–H and O–H groups in total. The minimum absolute atomic E-state index is 0. The summed E-state index contributed by atoms with van der Waals surface area (Å²) in [7, 11) is 3.02. The molecule has 1 radical (unpaired) electrons. The first-order chi connectivity index (χ1) is 2.27. The fraction of sp³-hybridized carbons (Fsp3) is 0. The summed E-state index contributed by atoms with van der Waals surface area (Å²) >= 11 is 0. The van der Waals surface area contributed by atoms with Crippen LogP contribution in [-0.2, 0) is 32.7 Å². The summed E-state index contributed by atoms with van der Waals surface area (Å²) in [4.78, 5) is 3.11. The summed E-state index contributed by atoms with van der Waals surface area (Å²) in [6, 6.07) is 0. The topological polar surface area (TPSA) is 64.4 Å². The van der Waals surface area contributed by atoms with Crippen LogP contribution in [0.1, 0.15) is 0 Å². The monoisotopic (exact) mass is 161 g/mol. The number of hydrogen-bond acceptors (Lipinski definition) is 1. The quantitative estimate of drug-likeness (QED) is 0.273. The van der Waals surface area contributed by atoms with Crippen LogP contribution in [0.3, 0.4) is 0 Å². The Morgan fingerprint density at radius 2 is 1.67 bits per heavy atom. The smallest absolute Gasteiger partial charge is 0.0319 e. The van der Waals surface area contributed by atoms with Crippen molar-refractivity contribution >= 4 is 5.96 Å². The minimum atomic E-state index is 0. The molecule has 0 amide bonds. The van der Waals surface area contributed by atoms with Gasteiger partial charge in [-0.05, 0) is 0 Å². The summed E-state index contributed by atoms with van der Waals surface area (Å²) in [5.41, 5.74) is 9.51. The van der Waals surface area contributed by atoms with Crippen molar-refractivity contribution in [3.8, 4) is 0 Å². The van der Waals surface area contributed by atoms with E-state index in [4.69, 9.17) is 11.5 Å². The van der Waals surface area contributed by atoms with Gasteiger partial charge in [-0.3, -0.25) is 0 Å². The SMILES string of the molecule is [CH2-]N=C(N)N.[Y]. The van der Waals surface area contributed by atoms with Crippen molar-refractivity contribution in [2.45, 2.75) is 0 Å². The first-order valence-corrected chi connectivity index (χ1v) is 1.12. The third-order valence-corrected chi connectivity index (χ3v) is 0.183. The zero-order valence-electron chi connectivity index (χ0n) is 3.39. The molecule has 0 aromatic carbocycles. The Morgan fingerprint density at radius 3 is 1.67 bits per heavy atom. The largest absolute Gasteiger partial charge is 0.447 e. The number of rotatable bonds is 0. The van der Waals surface area contributed by atoms with Crippen LogP contribution in [-0.4, -0.2) is 5.96 Å². The molecule has 0 heterocycles. The molecule has 0 bridgehead atoms. The van der Waals surface area contributed by atoms with Gasteiger partial charge in [0.2, 0.25) is 0 Å². The van der Waals surface area contributed by atoms with E-state index >= 15 is 0 Å². The van der Waals surface area contributed by atoms with Crippen LogP contribution < -0.4 is 11.5 Å². The number of hydrogen-bond donors (Lipinski definition) is 2. The summed E-state index contributed by atoms with van der Waals surface area (Å²) in [6.07, 6.45) is 0. The van der Waals surface area contributed by atoms with E-state index in [-0.39, 0.29) is 38.7 Å². The van der Waals surface area contributed by atoms with Crippen LogP contribution in [0.5, 0.6) is 0 Å². The van der Waals surface area contributed by atoms with Gasteiger partial charge >= 0.3 is 0 Å². The number of nitrogens with zero attached hydrogens (tertiary/aromatic N) is 1. The molecule has 0 saturated heterocycles. The summed E-state index contributed by atoms with van der Waals surface area (Å²) in [5.74, 6) is 0.0185. The third-order valence-electron chi connectivity index (χ3n) is 0.183. The van der Waals surface area contributed by atoms with Crippen LogP contribution in [0, 0.1) is 7.05 Å². The number of aliphatic imine (C=N–C) groups is 1. The van der Waals surface area contributed by atoms with Gasteiger partial charge in [-0.25, -0.2) is 0 Å². The molecule has 0 atom stereocenters. The molecule has 0 aliphatic carbocycles. The van der Waals surface area contributed by atoms with E-state index in [1.54, 1.807) is 0 Å². The molecular weight excluding hydrogens is 155 g/mol.